The number of benzene rings is 2. The monoisotopic (exact) mass is 322 g/mol. The molecule has 3 heteroatoms. The van der Waals surface area contributed by atoms with Gasteiger partial charge in [0.05, 0.1) is 5.60 Å². The maximum Gasteiger partial charge on any atom is 0.0851 e. The summed E-state index contributed by atoms with van der Waals surface area (Å²) < 4.78 is 1.07. The Morgan fingerprint density at radius 3 is 2.22 bits per heavy atom. The molecule has 0 aliphatic carbocycles. The molecule has 0 aliphatic heterocycles. The van der Waals surface area contributed by atoms with Gasteiger partial charge in [-0.1, -0.05) is 45.9 Å². The van der Waals surface area contributed by atoms with E-state index in [2.05, 4.69) is 28.1 Å². The van der Waals surface area contributed by atoms with Crippen LogP contribution < -0.4 is 0 Å². The molecule has 94 valence electrons. The fraction of sp³-hybridized carbons (Fsp3) is 0.200. The minimum absolute atomic E-state index is 0.820. The molecule has 18 heavy (non-hydrogen) atoms. The van der Waals surface area contributed by atoms with Gasteiger partial charge in [0.2, 0.25) is 0 Å². The fourth-order valence-corrected chi connectivity index (χ4v) is 3.06. The van der Waals surface area contributed by atoms with Gasteiger partial charge in [-0.05, 0) is 49.7 Å². The third-order valence-corrected chi connectivity index (χ3v) is 4.20. The lowest BCUT2D eigenvalue weighted by Crippen LogP contribution is -2.16. The number of hydrogen-bond acceptors (Lipinski definition) is 2. The number of halogens is 1. The Kier molecular flexibility index (Phi) is 4.15. The minimum atomic E-state index is -0.820. The lowest BCUT2D eigenvalue weighted by molar-refractivity contribution is 0.0758. The maximum atomic E-state index is 10.2. The van der Waals surface area contributed by atoms with Crippen LogP contribution in [0.15, 0.2) is 62.8 Å². The summed E-state index contributed by atoms with van der Waals surface area (Å²) in [6.07, 6.45) is 0. The summed E-state index contributed by atoms with van der Waals surface area (Å²) in [4.78, 5) is 2.25. The van der Waals surface area contributed by atoms with Crippen LogP contribution >= 0.6 is 27.7 Å². The average Bonchev–Trinajstić information content (AvgIpc) is 2.31. The molecule has 2 rings (SSSR count). The molecule has 2 aromatic rings. The second-order valence-electron chi connectivity index (χ2n) is 4.61. The molecule has 0 fully saturated rings. The molecule has 0 bridgehead atoms. The van der Waals surface area contributed by atoms with Crippen LogP contribution in [0.2, 0.25) is 0 Å². The highest BCUT2D eigenvalue weighted by molar-refractivity contribution is 9.10. The first-order valence-corrected chi connectivity index (χ1v) is 7.33. The van der Waals surface area contributed by atoms with Gasteiger partial charge in [0, 0.05) is 14.3 Å². The van der Waals surface area contributed by atoms with Crippen molar-refractivity contribution in [2.24, 2.45) is 0 Å². The maximum absolute atomic E-state index is 10.2. The van der Waals surface area contributed by atoms with Gasteiger partial charge in [0.1, 0.15) is 0 Å². The standard InChI is InChI=1S/C15H15BrOS/c1-15(2,17)13-5-3-4-6-14(13)18-12-9-7-11(16)8-10-12/h3-10,17H,1-2H3. The molecule has 0 saturated carbocycles. The predicted molar refractivity (Wildman–Crippen MR) is 80.0 cm³/mol. The molecular weight excluding hydrogens is 308 g/mol. The van der Waals surface area contributed by atoms with Gasteiger partial charge in [0.15, 0.2) is 0 Å². The third kappa shape index (κ3) is 3.37. The molecule has 2 aromatic carbocycles. The topological polar surface area (TPSA) is 20.2 Å². The second kappa shape index (κ2) is 5.47. The first-order chi connectivity index (χ1) is 8.47. The van der Waals surface area contributed by atoms with Gasteiger partial charge in [0.25, 0.3) is 0 Å². The van der Waals surface area contributed by atoms with Crippen LogP contribution in [-0.4, -0.2) is 5.11 Å². The van der Waals surface area contributed by atoms with E-state index in [1.165, 1.54) is 0 Å². The summed E-state index contributed by atoms with van der Waals surface area (Å²) in [6.45, 7) is 3.63. The van der Waals surface area contributed by atoms with E-state index in [1.807, 2.05) is 50.2 Å². The van der Waals surface area contributed by atoms with Crippen molar-refractivity contribution in [1.82, 2.24) is 0 Å². The van der Waals surface area contributed by atoms with Gasteiger partial charge in [-0.25, -0.2) is 0 Å². The van der Waals surface area contributed by atoms with E-state index in [1.54, 1.807) is 11.8 Å². The van der Waals surface area contributed by atoms with Crippen molar-refractivity contribution in [3.63, 3.8) is 0 Å². The molecule has 0 radical (unpaired) electrons. The van der Waals surface area contributed by atoms with Crippen molar-refractivity contribution in [2.75, 3.05) is 0 Å². The Hall–Kier alpha value is -0.770. The van der Waals surface area contributed by atoms with Crippen molar-refractivity contribution in [3.8, 4) is 0 Å². The SMILES string of the molecule is CC(C)(O)c1ccccc1Sc1ccc(Br)cc1. The third-order valence-electron chi connectivity index (χ3n) is 2.59. The van der Waals surface area contributed by atoms with Gasteiger partial charge >= 0.3 is 0 Å². The van der Waals surface area contributed by atoms with Crippen molar-refractivity contribution >= 4 is 27.7 Å². The molecule has 0 atom stereocenters. The summed E-state index contributed by atoms with van der Waals surface area (Å²) >= 11 is 5.10. The second-order valence-corrected chi connectivity index (χ2v) is 6.64. The quantitative estimate of drug-likeness (QED) is 0.873. The first-order valence-electron chi connectivity index (χ1n) is 5.72. The van der Waals surface area contributed by atoms with E-state index in [0.717, 1.165) is 19.8 Å². The first kappa shape index (κ1) is 13.7. The number of rotatable bonds is 3. The van der Waals surface area contributed by atoms with Gasteiger partial charge < -0.3 is 5.11 Å². The highest BCUT2D eigenvalue weighted by Crippen LogP contribution is 2.35. The molecule has 0 saturated heterocycles. The van der Waals surface area contributed by atoms with Gasteiger partial charge in [-0.3, -0.25) is 0 Å². The van der Waals surface area contributed by atoms with Crippen molar-refractivity contribution in [2.45, 2.75) is 29.2 Å². The molecule has 0 spiro atoms. The normalized spacial score (nSPS) is 11.6. The van der Waals surface area contributed by atoms with E-state index in [0.29, 0.717) is 0 Å². The Bertz CT molecular complexity index is 529. The van der Waals surface area contributed by atoms with Crippen molar-refractivity contribution in [1.29, 1.82) is 0 Å². The van der Waals surface area contributed by atoms with Crippen LogP contribution in [0.3, 0.4) is 0 Å². The van der Waals surface area contributed by atoms with E-state index in [4.69, 9.17) is 0 Å². The summed E-state index contributed by atoms with van der Waals surface area (Å²) in [5.74, 6) is 0. The largest absolute Gasteiger partial charge is 0.386 e. The van der Waals surface area contributed by atoms with Crippen LogP contribution in [0.25, 0.3) is 0 Å². The van der Waals surface area contributed by atoms with Crippen LogP contribution in [0.5, 0.6) is 0 Å². The van der Waals surface area contributed by atoms with Gasteiger partial charge in [-0.15, -0.1) is 0 Å². The van der Waals surface area contributed by atoms with Crippen LogP contribution in [0.4, 0.5) is 0 Å². The molecule has 0 heterocycles. The summed E-state index contributed by atoms with van der Waals surface area (Å²) in [5, 5.41) is 10.2. The lowest BCUT2D eigenvalue weighted by atomic mass is 9.99. The highest BCUT2D eigenvalue weighted by atomic mass is 79.9. The molecular formula is C15H15BrOS. The van der Waals surface area contributed by atoms with E-state index in [-0.39, 0.29) is 0 Å². The van der Waals surface area contributed by atoms with Crippen molar-refractivity contribution < 1.29 is 5.11 Å². The molecule has 0 unspecified atom stereocenters. The Morgan fingerprint density at radius 1 is 1.00 bits per heavy atom. The van der Waals surface area contributed by atoms with E-state index < -0.39 is 5.60 Å². The Morgan fingerprint density at radius 2 is 1.61 bits per heavy atom. The van der Waals surface area contributed by atoms with Crippen LogP contribution in [-0.2, 0) is 5.60 Å². The fourth-order valence-electron chi connectivity index (χ4n) is 1.69. The van der Waals surface area contributed by atoms with Crippen molar-refractivity contribution in [3.05, 3.63) is 58.6 Å². The number of aliphatic hydroxyl groups is 1. The van der Waals surface area contributed by atoms with E-state index in [9.17, 15) is 5.11 Å². The van der Waals surface area contributed by atoms with Crippen LogP contribution in [0.1, 0.15) is 19.4 Å². The average molecular weight is 323 g/mol. The summed E-state index contributed by atoms with van der Waals surface area (Å²) in [7, 11) is 0. The predicted octanol–water partition coefficient (Wildman–Crippen LogP) is 4.83. The summed E-state index contributed by atoms with van der Waals surface area (Å²) in [6, 6.07) is 16.1. The Balaban J connectivity index is 2.32. The molecule has 0 aromatic heterocycles. The zero-order valence-corrected chi connectivity index (χ0v) is 12.8. The molecule has 1 N–H and O–H groups in total. The smallest absolute Gasteiger partial charge is 0.0851 e. The van der Waals surface area contributed by atoms with E-state index >= 15 is 0 Å². The zero-order valence-electron chi connectivity index (χ0n) is 10.4. The highest BCUT2D eigenvalue weighted by Gasteiger charge is 2.19. The molecule has 1 nitrogen and oxygen atoms in total. The lowest BCUT2D eigenvalue weighted by Gasteiger charge is -2.21. The minimum Gasteiger partial charge on any atom is -0.386 e. The molecule has 0 amide bonds. The summed E-state index contributed by atoms with van der Waals surface area (Å²) in [5.41, 5.74) is 0.136. The Labute approximate surface area is 120 Å². The molecule has 0 aliphatic rings. The number of hydrogen-bond donors (Lipinski definition) is 1. The van der Waals surface area contributed by atoms with Gasteiger partial charge in [-0.2, -0.15) is 0 Å². The van der Waals surface area contributed by atoms with Crippen LogP contribution in [0, 0.1) is 0 Å². The zero-order chi connectivity index (χ0) is 13.2.